The Morgan fingerprint density at radius 2 is 2.23 bits per heavy atom. The number of hydrogen-bond donors (Lipinski definition) is 1. The second-order valence-electron chi connectivity index (χ2n) is 4.68. The highest BCUT2D eigenvalue weighted by atomic mass is 16.3. The zero-order valence-electron chi connectivity index (χ0n) is 7.95. The third-order valence-electron chi connectivity index (χ3n) is 3.87. The lowest BCUT2D eigenvalue weighted by Gasteiger charge is -2.22. The van der Waals surface area contributed by atoms with Gasteiger partial charge in [0, 0.05) is 0 Å². The van der Waals surface area contributed by atoms with E-state index in [0.717, 1.165) is 24.2 Å². The van der Waals surface area contributed by atoms with Gasteiger partial charge in [-0.2, -0.15) is 5.26 Å². The molecule has 0 aliphatic heterocycles. The number of nitriles is 1. The summed E-state index contributed by atoms with van der Waals surface area (Å²) < 4.78 is 0. The van der Waals surface area contributed by atoms with Gasteiger partial charge in [-0.3, -0.25) is 0 Å². The molecule has 2 aliphatic carbocycles. The van der Waals surface area contributed by atoms with E-state index in [1.165, 1.54) is 25.7 Å². The average molecular weight is 179 g/mol. The van der Waals surface area contributed by atoms with Gasteiger partial charge in [-0.15, -0.1) is 0 Å². The van der Waals surface area contributed by atoms with Gasteiger partial charge in [0.1, 0.15) is 0 Å². The monoisotopic (exact) mass is 179 g/mol. The Kier molecular flexibility index (Phi) is 2.55. The van der Waals surface area contributed by atoms with E-state index in [-0.39, 0.29) is 12.5 Å². The minimum absolute atomic E-state index is 0.0460. The van der Waals surface area contributed by atoms with Crippen molar-refractivity contribution in [2.24, 2.45) is 23.7 Å². The molecule has 2 heteroatoms. The van der Waals surface area contributed by atoms with Crippen molar-refractivity contribution >= 4 is 0 Å². The van der Waals surface area contributed by atoms with E-state index >= 15 is 0 Å². The molecule has 0 radical (unpaired) electrons. The van der Waals surface area contributed by atoms with Gasteiger partial charge in [-0.1, -0.05) is 6.42 Å². The summed E-state index contributed by atoms with van der Waals surface area (Å²) in [7, 11) is 0. The largest absolute Gasteiger partial charge is 0.395 e. The van der Waals surface area contributed by atoms with E-state index in [9.17, 15) is 0 Å². The van der Waals surface area contributed by atoms with Crippen molar-refractivity contribution in [1.82, 2.24) is 0 Å². The van der Waals surface area contributed by atoms with Gasteiger partial charge in [-0.05, 0) is 43.4 Å². The number of aliphatic hydroxyl groups is 1. The lowest BCUT2D eigenvalue weighted by molar-refractivity contribution is 0.209. The molecule has 0 saturated heterocycles. The van der Waals surface area contributed by atoms with Crippen LogP contribution < -0.4 is 0 Å². The van der Waals surface area contributed by atoms with Crippen LogP contribution in [-0.2, 0) is 0 Å². The Morgan fingerprint density at radius 1 is 1.38 bits per heavy atom. The van der Waals surface area contributed by atoms with Gasteiger partial charge in [0.2, 0.25) is 0 Å². The highest BCUT2D eigenvalue weighted by Gasteiger charge is 2.39. The Bertz CT molecular complexity index is 221. The normalized spacial score (nSPS) is 38.9. The smallest absolute Gasteiger partial charge is 0.0697 e. The fraction of sp³-hybridized carbons (Fsp3) is 0.909. The summed E-state index contributed by atoms with van der Waals surface area (Å²) in [5, 5.41) is 17.7. The van der Waals surface area contributed by atoms with E-state index in [4.69, 9.17) is 10.4 Å². The minimum Gasteiger partial charge on any atom is -0.395 e. The molecule has 0 amide bonds. The van der Waals surface area contributed by atoms with Crippen LogP contribution in [0.25, 0.3) is 0 Å². The van der Waals surface area contributed by atoms with Crippen LogP contribution in [0.1, 0.15) is 32.1 Å². The van der Waals surface area contributed by atoms with E-state index in [1.807, 2.05) is 0 Å². The Morgan fingerprint density at radius 3 is 2.69 bits per heavy atom. The fourth-order valence-electron chi connectivity index (χ4n) is 3.20. The maximum absolute atomic E-state index is 8.93. The summed E-state index contributed by atoms with van der Waals surface area (Å²) >= 11 is 0. The zero-order valence-corrected chi connectivity index (χ0v) is 7.95. The molecule has 2 rings (SSSR count). The van der Waals surface area contributed by atoms with Crippen LogP contribution in [0, 0.1) is 35.0 Å². The number of aliphatic hydroxyl groups excluding tert-OH is 1. The second-order valence-corrected chi connectivity index (χ2v) is 4.68. The number of hydrogen-bond acceptors (Lipinski definition) is 2. The summed E-state index contributed by atoms with van der Waals surface area (Å²) in [6, 6.07) is 2.19. The van der Waals surface area contributed by atoms with Crippen molar-refractivity contribution in [3.63, 3.8) is 0 Å². The molecule has 1 N–H and O–H groups in total. The van der Waals surface area contributed by atoms with E-state index in [0.29, 0.717) is 0 Å². The van der Waals surface area contributed by atoms with E-state index < -0.39 is 0 Å². The maximum Gasteiger partial charge on any atom is 0.0697 e. The molecule has 72 valence electrons. The van der Waals surface area contributed by atoms with Crippen LogP contribution in [0.3, 0.4) is 0 Å². The van der Waals surface area contributed by atoms with Gasteiger partial charge in [0.05, 0.1) is 18.6 Å². The predicted octanol–water partition coefficient (Wildman–Crippen LogP) is 1.94. The molecule has 2 saturated carbocycles. The van der Waals surface area contributed by atoms with Crippen LogP contribution in [-0.4, -0.2) is 11.7 Å². The van der Waals surface area contributed by atoms with Crippen LogP contribution in [0.2, 0.25) is 0 Å². The summed E-state index contributed by atoms with van der Waals surface area (Å²) in [4.78, 5) is 0. The highest BCUT2D eigenvalue weighted by Crippen LogP contribution is 2.50. The van der Waals surface area contributed by atoms with Gasteiger partial charge in [0.25, 0.3) is 0 Å². The summed E-state index contributed by atoms with van der Waals surface area (Å²) in [5.41, 5.74) is 0. The first-order chi connectivity index (χ1) is 6.33. The molecule has 2 nitrogen and oxygen atoms in total. The topological polar surface area (TPSA) is 44.0 Å². The van der Waals surface area contributed by atoms with Crippen molar-refractivity contribution < 1.29 is 5.11 Å². The van der Waals surface area contributed by atoms with E-state index in [1.54, 1.807) is 0 Å². The van der Waals surface area contributed by atoms with Crippen LogP contribution in [0.4, 0.5) is 0 Å². The lowest BCUT2D eigenvalue weighted by Crippen LogP contribution is -2.16. The first kappa shape index (κ1) is 9.02. The Labute approximate surface area is 79.6 Å². The summed E-state index contributed by atoms with van der Waals surface area (Å²) in [5.74, 6) is 2.47. The quantitative estimate of drug-likeness (QED) is 0.719. The zero-order chi connectivity index (χ0) is 9.26. The first-order valence-electron chi connectivity index (χ1n) is 5.34. The highest BCUT2D eigenvalue weighted by molar-refractivity contribution is 4.93. The minimum atomic E-state index is -0.107. The van der Waals surface area contributed by atoms with Gasteiger partial charge < -0.3 is 5.11 Å². The predicted molar refractivity (Wildman–Crippen MR) is 49.7 cm³/mol. The SMILES string of the molecule is N#CC(CO)CC1CC2CCC1C2. The van der Waals surface area contributed by atoms with Gasteiger partial charge >= 0.3 is 0 Å². The Hall–Kier alpha value is -0.550. The fourth-order valence-corrected chi connectivity index (χ4v) is 3.20. The summed E-state index contributed by atoms with van der Waals surface area (Å²) in [6.07, 6.45) is 6.45. The van der Waals surface area contributed by atoms with Crippen LogP contribution in [0.15, 0.2) is 0 Å². The number of rotatable bonds is 3. The molecule has 0 spiro atoms. The van der Waals surface area contributed by atoms with Crippen LogP contribution in [0.5, 0.6) is 0 Å². The second kappa shape index (κ2) is 3.67. The molecular formula is C11H17NO. The van der Waals surface area contributed by atoms with Crippen molar-refractivity contribution in [3.05, 3.63) is 0 Å². The molecule has 0 aromatic heterocycles. The van der Waals surface area contributed by atoms with Crippen molar-refractivity contribution in [2.75, 3.05) is 6.61 Å². The molecule has 4 unspecified atom stereocenters. The standard InChI is InChI=1S/C11H17NO/c12-6-9(7-13)5-11-4-8-1-2-10(11)3-8/h8-11,13H,1-5,7H2. The van der Waals surface area contributed by atoms with Crippen molar-refractivity contribution in [3.8, 4) is 6.07 Å². The van der Waals surface area contributed by atoms with Gasteiger partial charge in [0.15, 0.2) is 0 Å². The van der Waals surface area contributed by atoms with Crippen LogP contribution >= 0.6 is 0 Å². The average Bonchev–Trinajstić information content (AvgIpc) is 2.75. The van der Waals surface area contributed by atoms with E-state index in [2.05, 4.69) is 6.07 Å². The van der Waals surface area contributed by atoms with Crippen molar-refractivity contribution in [2.45, 2.75) is 32.1 Å². The molecule has 0 aromatic carbocycles. The lowest BCUT2D eigenvalue weighted by atomic mass is 9.83. The molecule has 13 heavy (non-hydrogen) atoms. The third kappa shape index (κ3) is 1.71. The maximum atomic E-state index is 8.93. The summed E-state index contributed by atoms with van der Waals surface area (Å²) in [6.45, 7) is 0.0460. The number of nitrogens with zero attached hydrogens (tertiary/aromatic N) is 1. The molecular weight excluding hydrogens is 162 g/mol. The molecule has 4 atom stereocenters. The molecule has 0 aromatic rings. The third-order valence-corrected chi connectivity index (χ3v) is 3.87. The molecule has 2 bridgehead atoms. The number of fused-ring (bicyclic) bond motifs is 2. The molecule has 2 aliphatic rings. The van der Waals surface area contributed by atoms with Crippen molar-refractivity contribution in [1.29, 1.82) is 5.26 Å². The molecule has 0 heterocycles. The Balaban J connectivity index is 1.86. The molecule has 2 fully saturated rings. The first-order valence-corrected chi connectivity index (χ1v) is 5.34. The van der Waals surface area contributed by atoms with Gasteiger partial charge in [-0.25, -0.2) is 0 Å².